The van der Waals surface area contributed by atoms with Crippen molar-refractivity contribution >= 4 is 5.78 Å². The highest BCUT2D eigenvalue weighted by atomic mass is 16.7. The maximum Gasteiger partial charge on any atom is 0.184 e. The first-order chi connectivity index (χ1) is 16.9. The van der Waals surface area contributed by atoms with E-state index in [1.807, 2.05) is 13.8 Å². The van der Waals surface area contributed by atoms with E-state index in [0.717, 1.165) is 25.7 Å². The Morgan fingerprint density at radius 1 is 0.743 bits per heavy atom. The van der Waals surface area contributed by atoms with Crippen LogP contribution >= 0.6 is 0 Å². The van der Waals surface area contributed by atoms with E-state index >= 15 is 0 Å². The van der Waals surface area contributed by atoms with Crippen molar-refractivity contribution < 1.29 is 24.5 Å². The molecule has 1 rings (SSSR count). The Bertz CT molecular complexity index is 497. The fraction of sp³-hybridized carbons (Fsp3) is 0.967. The zero-order chi connectivity index (χ0) is 25.7. The minimum atomic E-state index is -0.741. The summed E-state index contributed by atoms with van der Waals surface area (Å²) in [5.41, 5.74) is 0. The van der Waals surface area contributed by atoms with Gasteiger partial charge in [-0.1, -0.05) is 109 Å². The summed E-state index contributed by atoms with van der Waals surface area (Å²) in [7, 11) is 0. The number of carbonyl (C=O) groups is 1. The Balaban J connectivity index is 1.77. The van der Waals surface area contributed by atoms with Crippen LogP contribution in [0.25, 0.3) is 0 Å². The van der Waals surface area contributed by atoms with Gasteiger partial charge in [-0.15, -0.1) is 0 Å². The molecule has 0 saturated carbocycles. The van der Waals surface area contributed by atoms with E-state index < -0.39 is 18.5 Å². The Morgan fingerprint density at radius 3 is 1.57 bits per heavy atom. The summed E-state index contributed by atoms with van der Waals surface area (Å²) in [5, 5.41) is 19.8. The topological polar surface area (TPSA) is 76.0 Å². The molecule has 208 valence electrons. The molecule has 0 aromatic heterocycles. The second-order valence-corrected chi connectivity index (χ2v) is 11.1. The highest BCUT2D eigenvalue weighted by molar-refractivity contribution is 5.75. The van der Waals surface area contributed by atoms with Gasteiger partial charge in [0.2, 0.25) is 0 Å². The number of ether oxygens (including phenoxy) is 2. The molecule has 1 aliphatic rings. The number of rotatable bonds is 23. The minimum Gasteiger partial charge on any atom is -0.390 e. The third-order valence-corrected chi connectivity index (χ3v) is 7.44. The van der Waals surface area contributed by atoms with Gasteiger partial charge in [0.15, 0.2) is 6.29 Å². The average molecular weight is 499 g/mol. The quantitative estimate of drug-likeness (QED) is 0.142. The molecule has 1 saturated heterocycles. The molecule has 0 radical (unpaired) electrons. The molecule has 5 atom stereocenters. The normalized spacial score (nSPS) is 23.5. The summed E-state index contributed by atoms with van der Waals surface area (Å²) in [6.45, 7) is 5.56. The number of aliphatic hydroxyl groups is 2. The van der Waals surface area contributed by atoms with Crippen molar-refractivity contribution in [2.24, 2.45) is 0 Å². The van der Waals surface area contributed by atoms with Crippen molar-refractivity contribution in [3.05, 3.63) is 0 Å². The molecule has 0 bridgehead atoms. The summed E-state index contributed by atoms with van der Waals surface area (Å²) < 4.78 is 11.5. The first kappa shape index (κ1) is 32.5. The number of Topliss-reactive ketones (excluding diaryl/α,β-unsaturated/α-hetero) is 1. The van der Waals surface area contributed by atoms with Gasteiger partial charge in [0.05, 0.1) is 18.3 Å². The van der Waals surface area contributed by atoms with E-state index in [-0.39, 0.29) is 12.2 Å². The molecule has 35 heavy (non-hydrogen) atoms. The maximum atomic E-state index is 10.9. The third kappa shape index (κ3) is 18.4. The molecule has 5 heteroatoms. The van der Waals surface area contributed by atoms with Gasteiger partial charge in [0, 0.05) is 12.8 Å². The molecule has 0 aromatic carbocycles. The van der Waals surface area contributed by atoms with Gasteiger partial charge in [0.25, 0.3) is 0 Å². The van der Waals surface area contributed by atoms with Crippen LogP contribution < -0.4 is 0 Å². The SMILES string of the molecule is CC(=O)CCCCCCCCCCCCCCCCCCCCC(C)OC1OC(C)C(O)CC1O. The Morgan fingerprint density at radius 2 is 1.14 bits per heavy atom. The zero-order valence-corrected chi connectivity index (χ0v) is 23.4. The van der Waals surface area contributed by atoms with E-state index in [0.29, 0.717) is 12.2 Å². The highest BCUT2D eigenvalue weighted by Gasteiger charge is 2.35. The lowest BCUT2D eigenvalue weighted by Crippen LogP contribution is -2.48. The average Bonchev–Trinajstić information content (AvgIpc) is 2.81. The molecule has 1 aliphatic heterocycles. The van der Waals surface area contributed by atoms with Crippen molar-refractivity contribution in [3.8, 4) is 0 Å². The van der Waals surface area contributed by atoms with Crippen LogP contribution in [-0.4, -0.2) is 46.7 Å². The summed E-state index contributed by atoms with van der Waals surface area (Å²) in [5.74, 6) is 0.333. The molecule has 0 aromatic rings. The van der Waals surface area contributed by atoms with Crippen LogP contribution in [-0.2, 0) is 14.3 Å². The van der Waals surface area contributed by atoms with Crippen LogP contribution in [0.4, 0.5) is 0 Å². The molecule has 0 amide bonds. The monoisotopic (exact) mass is 498 g/mol. The van der Waals surface area contributed by atoms with Gasteiger partial charge in [-0.2, -0.15) is 0 Å². The second-order valence-electron chi connectivity index (χ2n) is 11.1. The lowest BCUT2D eigenvalue weighted by molar-refractivity contribution is -0.273. The van der Waals surface area contributed by atoms with E-state index in [2.05, 4.69) is 0 Å². The maximum absolute atomic E-state index is 10.9. The Kier molecular flexibility index (Phi) is 20.1. The third-order valence-electron chi connectivity index (χ3n) is 7.44. The van der Waals surface area contributed by atoms with Crippen LogP contribution in [0.2, 0.25) is 0 Å². The van der Waals surface area contributed by atoms with Crippen molar-refractivity contribution in [3.63, 3.8) is 0 Å². The second kappa shape index (κ2) is 21.6. The molecule has 1 heterocycles. The van der Waals surface area contributed by atoms with Crippen molar-refractivity contribution in [2.45, 2.75) is 186 Å². The number of hydrogen-bond acceptors (Lipinski definition) is 5. The predicted molar refractivity (Wildman–Crippen MR) is 145 cm³/mol. The van der Waals surface area contributed by atoms with Gasteiger partial charge in [-0.25, -0.2) is 0 Å². The number of aliphatic hydroxyl groups excluding tert-OH is 2. The van der Waals surface area contributed by atoms with Crippen LogP contribution in [0.5, 0.6) is 0 Å². The Labute approximate surface area is 216 Å². The smallest absolute Gasteiger partial charge is 0.184 e. The largest absolute Gasteiger partial charge is 0.390 e. The van der Waals surface area contributed by atoms with Crippen molar-refractivity contribution in [1.82, 2.24) is 0 Å². The number of ketones is 1. The molecular weight excluding hydrogens is 440 g/mol. The van der Waals surface area contributed by atoms with Crippen LogP contribution in [0.3, 0.4) is 0 Å². The lowest BCUT2D eigenvalue weighted by atomic mass is 10.0. The standard InChI is InChI=1S/C30H58O5/c1-25(31)22-20-18-16-14-12-10-8-6-4-5-7-9-11-13-15-17-19-21-23-26(2)34-30-29(33)24-28(32)27(3)35-30/h26-30,32-33H,4-24H2,1-3H3. The van der Waals surface area contributed by atoms with Crippen LogP contribution in [0.15, 0.2) is 0 Å². The zero-order valence-electron chi connectivity index (χ0n) is 23.4. The molecule has 2 N–H and O–H groups in total. The van der Waals surface area contributed by atoms with Crippen molar-refractivity contribution in [1.29, 1.82) is 0 Å². The van der Waals surface area contributed by atoms with Gasteiger partial charge >= 0.3 is 0 Å². The molecule has 5 unspecified atom stereocenters. The number of unbranched alkanes of at least 4 members (excludes halogenated alkanes) is 17. The first-order valence-electron chi connectivity index (χ1n) is 15.1. The minimum absolute atomic E-state index is 0.0701. The first-order valence-corrected chi connectivity index (χ1v) is 15.1. The van der Waals surface area contributed by atoms with Gasteiger partial charge in [-0.3, -0.25) is 0 Å². The van der Waals surface area contributed by atoms with Gasteiger partial charge in [-0.05, 0) is 33.6 Å². The summed E-state index contributed by atoms with van der Waals surface area (Å²) in [4.78, 5) is 10.9. The van der Waals surface area contributed by atoms with Gasteiger partial charge in [0.1, 0.15) is 11.9 Å². The van der Waals surface area contributed by atoms with E-state index in [1.54, 1.807) is 6.92 Å². The van der Waals surface area contributed by atoms with E-state index in [9.17, 15) is 15.0 Å². The summed E-state index contributed by atoms with van der Waals surface area (Å²) in [6.07, 6.45) is 23.8. The number of carbonyl (C=O) groups excluding carboxylic acids is 1. The fourth-order valence-electron chi connectivity index (χ4n) is 5.00. The fourth-order valence-corrected chi connectivity index (χ4v) is 5.00. The molecule has 5 nitrogen and oxygen atoms in total. The highest BCUT2D eigenvalue weighted by Crippen LogP contribution is 2.23. The molecule has 1 fully saturated rings. The molecule has 0 aliphatic carbocycles. The van der Waals surface area contributed by atoms with Crippen molar-refractivity contribution in [2.75, 3.05) is 0 Å². The molecule has 0 spiro atoms. The summed E-state index contributed by atoms with van der Waals surface area (Å²) in [6, 6.07) is 0. The van der Waals surface area contributed by atoms with E-state index in [4.69, 9.17) is 9.47 Å². The van der Waals surface area contributed by atoms with Gasteiger partial charge < -0.3 is 24.5 Å². The van der Waals surface area contributed by atoms with Crippen LogP contribution in [0.1, 0.15) is 156 Å². The predicted octanol–water partition coefficient (Wildman–Crippen LogP) is 7.64. The Hall–Kier alpha value is -0.490. The van der Waals surface area contributed by atoms with Crippen LogP contribution in [0, 0.1) is 0 Å². The number of hydrogen-bond donors (Lipinski definition) is 2. The lowest BCUT2D eigenvalue weighted by Gasteiger charge is -2.36. The van der Waals surface area contributed by atoms with E-state index in [1.165, 1.54) is 103 Å². The molecular formula is C30H58O5. The summed E-state index contributed by atoms with van der Waals surface area (Å²) >= 11 is 0.